The van der Waals surface area contributed by atoms with Crippen LogP contribution < -0.4 is 11.1 Å². The van der Waals surface area contributed by atoms with Crippen molar-refractivity contribution in [2.75, 3.05) is 23.6 Å². The van der Waals surface area contributed by atoms with Gasteiger partial charge >= 0.3 is 0 Å². The van der Waals surface area contributed by atoms with Gasteiger partial charge in [0.05, 0.1) is 21.6 Å². The van der Waals surface area contributed by atoms with Gasteiger partial charge in [-0.25, -0.2) is 8.42 Å². The molecule has 0 radical (unpaired) electrons. The summed E-state index contributed by atoms with van der Waals surface area (Å²) in [5, 5.41) is 2.83. The Morgan fingerprint density at radius 1 is 1.50 bits per heavy atom. The summed E-state index contributed by atoms with van der Waals surface area (Å²) in [5.41, 5.74) is 5.99. The summed E-state index contributed by atoms with van der Waals surface area (Å²) >= 11 is 7.54. The van der Waals surface area contributed by atoms with Crippen molar-refractivity contribution < 1.29 is 13.2 Å². The number of nitrogens with one attached hydrogen (secondary N) is 1. The van der Waals surface area contributed by atoms with Gasteiger partial charge in [-0.15, -0.1) is 0 Å². The number of hydrogen-bond acceptors (Lipinski definition) is 5. The lowest BCUT2D eigenvalue weighted by atomic mass is 10.2. The fourth-order valence-electron chi connectivity index (χ4n) is 1.43. The normalized spacial score (nSPS) is 13.0. The van der Waals surface area contributed by atoms with Crippen molar-refractivity contribution in [2.45, 2.75) is 17.4 Å². The lowest BCUT2D eigenvalue weighted by molar-refractivity contribution is -0.117. The summed E-state index contributed by atoms with van der Waals surface area (Å²) in [5.74, 6) is 0.387. The largest absolute Gasteiger partial charge is 0.323 e. The molecule has 0 spiro atoms. The summed E-state index contributed by atoms with van der Waals surface area (Å²) in [6, 6.07) is 3.50. The number of carbonyl (C=O) groups excluding carboxylic acids is 1. The van der Waals surface area contributed by atoms with Gasteiger partial charge in [0.25, 0.3) is 0 Å². The van der Waals surface area contributed by atoms with Crippen LogP contribution in [-0.4, -0.2) is 38.6 Å². The molecule has 20 heavy (non-hydrogen) atoms. The Hall–Kier alpha value is -0.760. The minimum absolute atomic E-state index is 0.0925. The molecular formula is C12H17ClN2O3S2. The Labute approximate surface area is 128 Å². The number of hydrogen-bond donors (Lipinski definition) is 2. The molecule has 0 fully saturated rings. The van der Waals surface area contributed by atoms with E-state index in [4.69, 9.17) is 17.3 Å². The highest BCUT2D eigenvalue weighted by Crippen LogP contribution is 2.25. The van der Waals surface area contributed by atoms with E-state index >= 15 is 0 Å². The Kier molecular flexibility index (Phi) is 6.32. The summed E-state index contributed by atoms with van der Waals surface area (Å²) < 4.78 is 22.9. The van der Waals surface area contributed by atoms with Crippen LogP contribution in [0.25, 0.3) is 0 Å². The quantitative estimate of drug-likeness (QED) is 0.826. The molecule has 3 N–H and O–H groups in total. The highest BCUT2D eigenvalue weighted by Gasteiger charge is 2.16. The number of carbonyl (C=O) groups is 1. The highest BCUT2D eigenvalue weighted by atomic mass is 35.5. The number of nitrogens with two attached hydrogens (primary N) is 1. The maximum atomic E-state index is 11.9. The zero-order valence-electron chi connectivity index (χ0n) is 11.2. The van der Waals surface area contributed by atoms with Crippen LogP contribution in [0.3, 0.4) is 0 Å². The standard InChI is InChI=1S/C12H17ClN2O3S2/c1-19-6-5-10(14)12(16)15-11-7-8(20(2,17)18)3-4-9(11)13/h3-4,7,10H,5-6,14H2,1-2H3,(H,15,16)/t10-/m1/s1. The second-order valence-electron chi connectivity index (χ2n) is 4.29. The van der Waals surface area contributed by atoms with Gasteiger partial charge in [-0.3, -0.25) is 4.79 Å². The lowest BCUT2D eigenvalue weighted by Crippen LogP contribution is -2.36. The molecule has 0 aliphatic heterocycles. The fraction of sp³-hybridized carbons (Fsp3) is 0.417. The molecular weight excluding hydrogens is 320 g/mol. The zero-order chi connectivity index (χ0) is 15.3. The van der Waals surface area contributed by atoms with E-state index < -0.39 is 15.9 Å². The number of amides is 1. The van der Waals surface area contributed by atoms with E-state index in [1.165, 1.54) is 18.2 Å². The van der Waals surface area contributed by atoms with Crippen molar-refractivity contribution >= 4 is 44.8 Å². The first kappa shape index (κ1) is 17.3. The number of benzene rings is 1. The van der Waals surface area contributed by atoms with Crippen LogP contribution >= 0.6 is 23.4 Å². The molecule has 1 atom stereocenters. The van der Waals surface area contributed by atoms with E-state index in [-0.39, 0.29) is 21.5 Å². The van der Waals surface area contributed by atoms with Crippen molar-refractivity contribution in [1.82, 2.24) is 0 Å². The van der Waals surface area contributed by atoms with Crippen molar-refractivity contribution in [3.8, 4) is 0 Å². The van der Waals surface area contributed by atoms with Crippen LogP contribution in [0.2, 0.25) is 5.02 Å². The number of halogens is 1. The molecule has 0 unspecified atom stereocenters. The van der Waals surface area contributed by atoms with Gasteiger partial charge in [-0.05, 0) is 36.6 Å². The predicted molar refractivity (Wildman–Crippen MR) is 84.2 cm³/mol. The molecule has 0 aromatic heterocycles. The molecule has 5 nitrogen and oxygen atoms in total. The molecule has 0 heterocycles. The van der Waals surface area contributed by atoms with Crippen LogP contribution in [0.4, 0.5) is 5.69 Å². The van der Waals surface area contributed by atoms with Crippen molar-refractivity contribution in [3.63, 3.8) is 0 Å². The van der Waals surface area contributed by atoms with Crippen molar-refractivity contribution in [2.24, 2.45) is 5.73 Å². The van der Waals surface area contributed by atoms with Crippen LogP contribution in [0.1, 0.15) is 6.42 Å². The molecule has 0 saturated heterocycles. The van der Waals surface area contributed by atoms with E-state index in [1.807, 2.05) is 6.26 Å². The van der Waals surface area contributed by atoms with Gasteiger partial charge < -0.3 is 11.1 Å². The summed E-state index contributed by atoms with van der Waals surface area (Å²) in [7, 11) is -3.36. The Morgan fingerprint density at radius 3 is 2.70 bits per heavy atom. The lowest BCUT2D eigenvalue weighted by Gasteiger charge is -2.13. The van der Waals surface area contributed by atoms with E-state index in [0.717, 1.165) is 12.0 Å². The van der Waals surface area contributed by atoms with Gasteiger partial charge in [-0.2, -0.15) is 11.8 Å². The van der Waals surface area contributed by atoms with Gasteiger partial charge in [0.2, 0.25) is 5.91 Å². The molecule has 1 aromatic carbocycles. The fourth-order valence-corrected chi connectivity index (χ4v) is 2.73. The van der Waals surface area contributed by atoms with Crippen LogP contribution in [0.15, 0.2) is 23.1 Å². The van der Waals surface area contributed by atoms with Gasteiger partial charge in [0.15, 0.2) is 9.84 Å². The Balaban J connectivity index is 2.89. The maximum Gasteiger partial charge on any atom is 0.241 e. The number of anilines is 1. The molecule has 1 rings (SSSR count). The summed E-state index contributed by atoms with van der Waals surface area (Å²) in [4.78, 5) is 12.0. The van der Waals surface area contributed by atoms with Crippen LogP contribution in [0.5, 0.6) is 0 Å². The van der Waals surface area contributed by atoms with Crippen molar-refractivity contribution in [3.05, 3.63) is 23.2 Å². The Bertz CT molecular complexity index is 590. The first-order chi connectivity index (χ1) is 9.25. The third kappa shape index (κ3) is 4.97. The average molecular weight is 337 g/mol. The molecule has 1 amide bonds. The first-order valence-corrected chi connectivity index (χ1v) is 9.47. The summed E-state index contributed by atoms with van der Waals surface area (Å²) in [6.45, 7) is 0. The first-order valence-electron chi connectivity index (χ1n) is 5.80. The molecule has 112 valence electrons. The maximum absolute atomic E-state index is 11.9. The monoisotopic (exact) mass is 336 g/mol. The van der Waals surface area contributed by atoms with E-state index in [0.29, 0.717) is 6.42 Å². The SMILES string of the molecule is CSCC[C@@H](N)C(=O)Nc1cc(S(C)(=O)=O)ccc1Cl. The molecule has 1 aromatic rings. The Morgan fingerprint density at radius 2 is 2.15 bits per heavy atom. The van der Waals surface area contributed by atoms with Gasteiger partial charge in [0, 0.05) is 6.26 Å². The topological polar surface area (TPSA) is 89.3 Å². The van der Waals surface area contributed by atoms with E-state index in [9.17, 15) is 13.2 Å². The van der Waals surface area contributed by atoms with Gasteiger partial charge in [-0.1, -0.05) is 11.6 Å². The van der Waals surface area contributed by atoms with Crippen LogP contribution in [0, 0.1) is 0 Å². The van der Waals surface area contributed by atoms with Gasteiger partial charge in [0.1, 0.15) is 0 Å². The minimum atomic E-state index is -3.36. The average Bonchev–Trinajstić information content (AvgIpc) is 2.37. The highest BCUT2D eigenvalue weighted by molar-refractivity contribution is 7.98. The van der Waals surface area contributed by atoms with E-state index in [1.54, 1.807) is 11.8 Å². The second-order valence-corrected chi connectivity index (χ2v) is 7.70. The predicted octanol–water partition coefficient (Wildman–Crippen LogP) is 1.76. The molecule has 0 saturated carbocycles. The minimum Gasteiger partial charge on any atom is -0.323 e. The van der Waals surface area contributed by atoms with Crippen LogP contribution in [-0.2, 0) is 14.6 Å². The molecule has 0 bridgehead atoms. The summed E-state index contributed by atoms with van der Waals surface area (Å²) in [6.07, 6.45) is 3.56. The number of rotatable bonds is 6. The zero-order valence-corrected chi connectivity index (χ0v) is 13.6. The van der Waals surface area contributed by atoms with Crippen molar-refractivity contribution in [1.29, 1.82) is 0 Å². The molecule has 0 aliphatic carbocycles. The number of thioether (sulfide) groups is 1. The van der Waals surface area contributed by atoms with E-state index in [2.05, 4.69) is 5.32 Å². The molecule has 8 heteroatoms. The second kappa shape index (κ2) is 7.31. The smallest absolute Gasteiger partial charge is 0.241 e. The molecule has 0 aliphatic rings. The third-order valence-electron chi connectivity index (χ3n) is 2.59. The number of sulfone groups is 1. The third-order valence-corrected chi connectivity index (χ3v) is 4.68.